The molecule has 0 saturated heterocycles. The van der Waals surface area contributed by atoms with Crippen molar-refractivity contribution in [3.8, 4) is 0 Å². The molecule has 4 heteroatoms. The van der Waals surface area contributed by atoms with Gasteiger partial charge in [0.15, 0.2) is 5.15 Å². The summed E-state index contributed by atoms with van der Waals surface area (Å²) in [6.45, 7) is 0.666. The Hall–Kier alpha value is -2.13. The van der Waals surface area contributed by atoms with E-state index < -0.39 is 0 Å². The molecule has 0 saturated carbocycles. The van der Waals surface area contributed by atoms with E-state index in [2.05, 4.69) is 27.4 Å². The number of benzene rings is 1. The van der Waals surface area contributed by atoms with Gasteiger partial charge in [0.25, 0.3) is 0 Å². The summed E-state index contributed by atoms with van der Waals surface area (Å²) >= 11 is 6.02. The molecule has 0 radical (unpaired) electrons. The zero-order chi connectivity index (χ0) is 13.1. The summed E-state index contributed by atoms with van der Waals surface area (Å²) in [6.07, 6.45) is 5.42. The molecule has 0 unspecified atom stereocenters. The van der Waals surface area contributed by atoms with Crippen molar-refractivity contribution in [2.45, 2.75) is 6.54 Å². The Morgan fingerprint density at radius 2 is 1.95 bits per heavy atom. The number of rotatable bonds is 3. The lowest BCUT2D eigenvalue weighted by Crippen LogP contribution is -2.01. The van der Waals surface area contributed by atoms with Crippen LogP contribution in [0.4, 0.5) is 5.69 Å². The minimum absolute atomic E-state index is 0.482. The molecule has 3 nitrogen and oxygen atoms in total. The number of halogens is 1. The van der Waals surface area contributed by atoms with E-state index in [0.29, 0.717) is 11.7 Å². The molecule has 0 atom stereocenters. The van der Waals surface area contributed by atoms with Crippen LogP contribution in [0.1, 0.15) is 5.56 Å². The second kappa shape index (κ2) is 5.24. The van der Waals surface area contributed by atoms with E-state index in [1.807, 2.05) is 36.7 Å². The lowest BCUT2D eigenvalue weighted by Gasteiger charge is -2.09. The molecular weight excluding hydrogens is 258 g/mol. The predicted octanol–water partition coefficient (Wildman–Crippen LogP) is 3.90. The summed E-state index contributed by atoms with van der Waals surface area (Å²) in [5.74, 6) is 0. The number of nitrogens with zero attached hydrogens (tertiary/aromatic N) is 2. The normalized spacial score (nSPS) is 10.6. The smallest absolute Gasteiger partial charge is 0.152 e. The van der Waals surface area contributed by atoms with E-state index in [1.54, 1.807) is 6.20 Å². The van der Waals surface area contributed by atoms with Gasteiger partial charge in [-0.15, -0.1) is 0 Å². The summed E-state index contributed by atoms with van der Waals surface area (Å²) in [5, 5.41) is 6.11. The largest absolute Gasteiger partial charge is 0.378 e. The Balaban J connectivity index is 1.88. The van der Waals surface area contributed by atoms with Crippen molar-refractivity contribution in [1.82, 2.24) is 9.97 Å². The molecule has 0 aliphatic heterocycles. The Morgan fingerprint density at radius 1 is 1.05 bits per heavy atom. The van der Waals surface area contributed by atoms with E-state index >= 15 is 0 Å². The quantitative estimate of drug-likeness (QED) is 0.733. The molecule has 19 heavy (non-hydrogen) atoms. The molecule has 0 fully saturated rings. The first-order chi connectivity index (χ1) is 9.34. The first kappa shape index (κ1) is 11.9. The van der Waals surface area contributed by atoms with Gasteiger partial charge in [-0.2, -0.15) is 0 Å². The molecule has 0 aliphatic carbocycles. The molecule has 1 aromatic carbocycles. The van der Waals surface area contributed by atoms with Crippen LogP contribution in [-0.2, 0) is 6.54 Å². The first-order valence-electron chi connectivity index (χ1n) is 6.00. The highest BCUT2D eigenvalue weighted by atomic mass is 35.5. The average molecular weight is 270 g/mol. The van der Waals surface area contributed by atoms with E-state index in [-0.39, 0.29) is 0 Å². The molecule has 0 spiro atoms. The maximum atomic E-state index is 6.02. The third-order valence-corrected chi connectivity index (χ3v) is 3.28. The van der Waals surface area contributed by atoms with Crippen LogP contribution in [0.2, 0.25) is 5.15 Å². The second-order valence-electron chi connectivity index (χ2n) is 4.22. The van der Waals surface area contributed by atoms with Crippen molar-refractivity contribution >= 4 is 28.1 Å². The zero-order valence-electron chi connectivity index (χ0n) is 10.2. The van der Waals surface area contributed by atoms with Crippen LogP contribution in [0.3, 0.4) is 0 Å². The van der Waals surface area contributed by atoms with Crippen molar-refractivity contribution in [2.24, 2.45) is 0 Å². The van der Waals surface area contributed by atoms with Crippen LogP contribution in [0.15, 0.2) is 55.0 Å². The van der Waals surface area contributed by atoms with Crippen LogP contribution >= 0.6 is 11.6 Å². The molecule has 0 bridgehead atoms. The minimum Gasteiger partial charge on any atom is -0.378 e. The molecule has 0 amide bonds. The summed E-state index contributed by atoms with van der Waals surface area (Å²) in [5.41, 5.74) is 1.97. The molecule has 3 rings (SSSR count). The minimum atomic E-state index is 0.482. The Kier molecular flexibility index (Phi) is 3.29. The Bertz CT molecular complexity index is 707. The number of pyridine rings is 2. The van der Waals surface area contributed by atoms with Crippen LogP contribution in [0, 0.1) is 0 Å². The average Bonchev–Trinajstić information content (AvgIpc) is 2.46. The molecule has 1 N–H and O–H groups in total. The van der Waals surface area contributed by atoms with E-state index in [1.165, 1.54) is 5.39 Å². The van der Waals surface area contributed by atoms with Gasteiger partial charge in [-0.25, -0.2) is 4.98 Å². The monoisotopic (exact) mass is 269 g/mol. The van der Waals surface area contributed by atoms with Gasteiger partial charge in [0.1, 0.15) is 0 Å². The fourth-order valence-electron chi connectivity index (χ4n) is 2.03. The maximum Gasteiger partial charge on any atom is 0.152 e. The van der Waals surface area contributed by atoms with E-state index in [0.717, 1.165) is 16.6 Å². The third-order valence-electron chi connectivity index (χ3n) is 2.98. The lowest BCUT2D eigenvalue weighted by atomic mass is 10.1. The highest BCUT2D eigenvalue weighted by Crippen LogP contribution is 2.21. The second-order valence-corrected chi connectivity index (χ2v) is 4.57. The molecule has 2 aromatic heterocycles. The van der Waals surface area contributed by atoms with Gasteiger partial charge in [-0.05, 0) is 23.1 Å². The van der Waals surface area contributed by atoms with Crippen LogP contribution in [0.25, 0.3) is 10.8 Å². The van der Waals surface area contributed by atoms with E-state index in [4.69, 9.17) is 11.6 Å². The molecular formula is C15H12ClN3. The zero-order valence-corrected chi connectivity index (χ0v) is 10.9. The maximum absolute atomic E-state index is 6.02. The van der Waals surface area contributed by atoms with Crippen molar-refractivity contribution in [3.05, 3.63) is 65.7 Å². The van der Waals surface area contributed by atoms with Crippen molar-refractivity contribution < 1.29 is 0 Å². The lowest BCUT2D eigenvalue weighted by molar-refractivity contribution is 1.13. The number of hydrogen-bond donors (Lipinski definition) is 1. The molecule has 3 aromatic rings. The standard InChI is InChI=1S/C15H12ClN3/c16-15-14(6-3-7-18-15)19-10-12-9-17-8-11-4-1-2-5-13(11)12/h1-9,19H,10H2. The van der Waals surface area contributed by atoms with Gasteiger partial charge in [-0.1, -0.05) is 35.9 Å². The SMILES string of the molecule is Clc1ncccc1NCc1cncc2ccccc12. The number of fused-ring (bicyclic) bond motifs is 1. The third kappa shape index (κ3) is 2.51. The highest BCUT2D eigenvalue weighted by Gasteiger charge is 2.03. The van der Waals surface area contributed by atoms with Gasteiger partial charge < -0.3 is 5.32 Å². The fraction of sp³-hybridized carbons (Fsp3) is 0.0667. The van der Waals surface area contributed by atoms with Crippen LogP contribution in [-0.4, -0.2) is 9.97 Å². The first-order valence-corrected chi connectivity index (χ1v) is 6.38. The van der Waals surface area contributed by atoms with Crippen molar-refractivity contribution in [3.63, 3.8) is 0 Å². The van der Waals surface area contributed by atoms with Gasteiger partial charge in [0.05, 0.1) is 5.69 Å². The molecule has 94 valence electrons. The summed E-state index contributed by atoms with van der Waals surface area (Å²) in [4.78, 5) is 8.30. The van der Waals surface area contributed by atoms with Gasteiger partial charge in [0.2, 0.25) is 0 Å². The predicted molar refractivity (Wildman–Crippen MR) is 78.3 cm³/mol. The summed E-state index contributed by atoms with van der Waals surface area (Å²) < 4.78 is 0. The number of aromatic nitrogens is 2. The molecule has 2 heterocycles. The van der Waals surface area contributed by atoms with Gasteiger partial charge in [0, 0.05) is 30.5 Å². The van der Waals surface area contributed by atoms with Crippen molar-refractivity contribution in [2.75, 3.05) is 5.32 Å². The van der Waals surface area contributed by atoms with Gasteiger partial charge >= 0.3 is 0 Å². The fourth-order valence-corrected chi connectivity index (χ4v) is 2.21. The number of hydrogen-bond acceptors (Lipinski definition) is 3. The number of anilines is 1. The highest BCUT2D eigenvalue weighted by molar-refractivity contribution is 6.31. The summed E-state index contributed by atoms with van der Waals surface area (Å²) in [7, 11) is 0. The Morgan fingerprint density at radius 3 is 2.84 bits per heavy atom. The topological polar surface area (TPSA) is 37.8 Å². The molecule has 0 aliphatic rings. The van der Waals surface area contributed by atoms with Gasteiger partial charge in [-0.3, -0.25) is 4.98 Å². The van der Waals surface area contributed by atoms with Crippen molar-refractivity contribution in [1.29, 1.82) is 0 Å². The van der Waals surface area contributed by atoms with Crippen LogP contribution < -0.4 is 5.32 Å². The number of nitrogens with one attached hydrogen (secondary N) is 1. The Labute approximate surface area is 116 Å². The van der Waals surface area contributed by atoms with Crippen LogP contribution in [0.5, 0.6) is 0 Å². The van der Waals surface area contributed by atoms with E-state index in [9.17, 15) is 0 Å². The summed E-state index contributed by atoms with van der Waals surface area (Å²) in [6, 6.07) is 12.0.